The molecule has 5 nitrogen and oxygen atoms in total. The van der Waals surface area contributed by atoms with Crippen LogP contribution >= 0.6 is 0 Å². The second-order valence-corrected chi connectivity index (χ2v) is 4.66. The monoisotopic (exact) mass is 245 g/mol. The molecule has 3 heterocycles. The number of nitrogens with one attached hydrogen (secondary N) is 1. The molecule has 0 saturated carbocycles. The molecule has 0 aromatic carbocycles. The van der Waals surface area contributed by atoms with Gasteiger partial charge in [0.05, 0.1) is 17.3 Å². The zero-order valence-corrected chi connectivity index (χ0v) is 9.97. The molecule has 1 aliphatic rings. The highest BCUT2D eigenvalue weighted by atomic mass is 16.4. The van der Waals surface area contributed by atoms with Gasteiger partial charge in [-0.1, -0.05) is 0 Å². The lowest BCUT2D eigenvalue weighted by molar-refractivity contribution is 0.0696. The first-order valence-electron chi connectivity index (χ1n) is 6.17. The number of piperidine rings is 1. The highest BCUT2D eigenvalue weighted by molar-refractivity contribution is 5.87. The van der Waals surface area contributed by atoms with E-state index >= 15 is 0 Å². The normalized spacial score (nSPS) is 17.1. The molecule has 0 radical (unpaired) electrons. The summed E-state index contributed by atoms with van der Waals surface area (Å²) in [5, 5.41) is 12.4. The number of carboxylic acids is 1. The largest absolute Gasteiger partial charge is 0.478 e. The summed E-state index contributed by atoms with van der Waals surface area (Å²) in [4.78, 5) is 15.5. The first-order valence-corrected chi connectivity index (χ1v) is 6.17. The van der Waals surface area contributed by atoms with Crippen LogP contribution in [0.2, 0.25) is 0 Å². The first-order chi connectivity index (χ1) is 8.75. The van der Waals surface area contributed by atoms with Crippen LogP contribution in [-0.4, -0.2) is 33.6 Å². The Balaban J connectivity index is 2.05. The molecular weight excluding hydrogens is 230 g/mol. The number of aromatic carboxylic acids is 1. The zero-order chi connectivity index (χ0) is 12.5. The van der Waals surface area contributed by atoms with Gasteiger partial charge in [-0.25, -0.2) is 9.78 Å². The number of imidazole rings is 1. The van der Waals surface area contributed by atoms with E-state index < -0.39 is 5.97 Å². The minimum Gasteiger partial charge on any atom is -0.478 e. The number of nitrogens with zero attached hydrogens (tertiary/aromatic N) is 2. The highest BCUT2D eigenvalue weighted by Crippen LogP contribution is 2.25. The van der Waals surface area contributed by atoms with Crippen LogP contribution in [0.25, 0.3) is 5.52 Å². The van der Waals surface area contributed by atoms with Crippen molar-refractivity contribution in [2.24, 2.45) is 0 Å². The lowest BCUT2D eigenvalue weighted by atomic mass is 9.97. The van der Waals surface area contributed by atoms with E-state index in [0.29, 0.717) is 11.5 Å². The molecule has 2 aromatic heterocycles. The fourth-order valence-electron chi connectivity index (χ4n) is 2.52. The number of rotatable bonds is 2. The number of hydrogen-bond donors (Lipinski definition) is 2. The molecule has 3 rings (SSSR count). The van der Waals surface area contributed by atoms with Crippen LogP contribution in [0, 0.1) is 0 Å². The third kappa shape index (κ3) is 1.86. The van der Waals surface area contributed by atoms with Crippen LogP contribution in [0.3, 0.4) is 0 Å². The summed E-state index contributed by atoms with van der Waals surface area (Å²) < 4.78 is 1.92. The molecular formula is C13H15N3O2. The van der Waals surface area contributed by atoms with Crippen molar-refractivity contribution in [3.63, 3.8) is 0 Å². The molecule has 5 heteroatoms. The summed E-state index contributed by atoms with van der Waals surface area (Å²) in [7, 11) is 0. The third-order valence-corrected chi connectivity index (χ3v) is 3.51. The van der Waals surface area contributed by atoms with Gasteiger partial charge in [-0.3, -0.25) is 0 Å². The number of aromatic nitrogens is 2. The van der Waals surface area contributed by atoms with Crippen LogP contribution in [0.15, 0.2) is 24.5 Å². The van der Waals surface area contributed by atoms with Crippen molar-refractivity contribution in [1.29, 1.82) is 0 Å². The van der Waals surface area contributed by atoms with Gasteiger partial charge in [0.15, 0.2) is 0 Å². The first kappa shape index (κ1) is 11.2. The van der Waals surface area contributed by atoms with Crippen LogP contribution in [0.4, 0.5) is 0 Å². The van der Waals surface area contributed by atoms with Crippen LogP contribution in [-0.2, 0) is 0 Å². The van der Waals surface area contributed by atoms with E-state index in [-0.39, 0.29) is 0 Å². The van der Waals surface area contributed by atoms with Crippen molar-refractivity contribution < 1.29 is 9.90 Å². The Morgan fingerprint density at radius 3 is 2.89 bits per heavy atom. The van der Waals surface area contributed by atoms with Crippen molar-refractivity contribution in [2.75, 3.05) is 13.1 Å². The Kier molecular flexibility index (Phi) is 2.76. The summed E-state index contributed by atoms with van der Waals surface area (Å²) in [6, 6.07) is 3.42. The molecule has 94 valence electrons. The quantitative estimate of drug-likeness (QED) is 0.841. The van der Waals surface area contributed by atoms with Gasteiger partial charge in [0, 0.05) is 12.1 Å². The minimum atomic E-state index is -0.901. The number of fused-ring (bicyclic) bond motifs is 1. The topological polar surface area (TPSA) is 66.6 Å². The fourth-order valence-corrected chi connectivity index (χ4v) is 2.52. The number of carboxylic acid groups (broad SMARTS) is 1. The van der Waals surface area contributed by atoms with E-state index in [2.05, 4.69) is 10.3 Å². The van der Waals surface area contributed by atoms with Crippen molar-refractivity contribution in [1.82, 2.24) is 14.7 Å². The van der Waals surface area contributed by atoms with Crippen LogP contribution < -0.4 is 5.32 Å². The molecule has 1 saturated heterocycles. The van der Waals surface area contributed by atoms with Crippen LogP contribution in [0.5, 0.6) is 0 Å². The highest BCUT2D eigenvalue weighted by Gasteiger charge is 2.20. The van der Waals surface area contributed by atoms with Gasteiger partial charge in [-0.05, 0) is 38.1 Å². The summed E-state index contributed by atoms with van der Waals surface area (Å²) >= 11 is 0. The molecule has 0 unspecified atom stereocenters. The molecule has 1 fully saturated rings. The van der Waals surface area contributed by atoms with E-state index in [4.69, 9.17) is 5.11 Å². The summed E-state index contributed by atoms with van der Waals surface area (Å²) in [5.41, 5.74) is 1.25. The molecule has 0 atom stereocenters. The molecule has 0 spiro atoms. The summed E-state index contributed by atoms with van der Waals surface area (Å²) in [6.07, 6.45) is 5.58. The maximum Gasteiger partial charge on any atom is 0.337 e. The van der Waals surface area contributed by atoms with E-state index in [9.17, 15) is 4.79 Å². The Bertz CT molecular complexity index is 585. The van der Waals surface area contributed by atoms with Gasteiger partial charge in [0.1, 0.15) is 5.82 Å². The van der Waals surface area contributed by atoms with Gasteiger partial charge >= 0.3 is 5.97 Å². The van der Waals surface area contributed by atoms with Crippen molar-refractivity contribution >= 4 is 11.5 Å². The van der Waals surface area contributed by atoms with E-state index in [0.717, 1.165) is 37.3 Å². The SMILES string of the molecule is O=C(O)c1ccc2cnc(C3CCNCC3)n2c1. The second-order valence-electron chi connectivity index (χ2n) is 4.66. The average Bonchev–Trinajstić information content (AvgIpc) is 2.82. The van der Waals surface area contributed by atoms with E-state index in [1.165, 1.54) is 0 Å². The molecule has 1 aliphatic heterocycles. The number of hydrogen-bond acceptors (Lipinski definition) is 3. The van der Waals surface area contributed by atoms with E-state index in [1.807, 2.05) is 10.6 Å². The summed E-state index contributed by atoms with van der Waals surface area (Å²) in [6.45, 7) is 2.00. The van der Waals surface area contributed by atoms with Gasteiger partial charge in [-0.2, -0.15) is 0 Å². The lowest BCUT2D eigenvalue weighted by Crippen LogP contribution is -2.27. The summed E-state index contributed by atoms with van der Waals surface area (Å²) in [5.74, 6) is 0.495. The van der Waals surface area contributed by atoms with E-state index in [1.54, 1.807) is 18.3 Å². The average molecular weight is 245 g/mol. The molecule has 0 amide bonds. The molecule has 2 N–H and O–H groups in total. The molecule has 2 aromatic rings. The Labute approximate surface area is 104 Å². The lowest BCUT2D eigenvalue weighted by Gasteiger charge is -2.21. The minimum absolute atomic E-state index is 0.302. The van der Waals surface area contributed by atoms with Gasteiger partial charge in [0.25, 0.3) is 0 Å². The molecule has 0 aliphatic carbocycles. The second kappa shape index (κ2) is 4.42. The van der Waals surface area contributed by atoms with Crippen molar-refractivity contribution in [3.8, 4) is 0 Å². The Morgan fingerprint density at radius 2 is 2.17 bits per heavy atom. The van der Waals surface area contributed by atoms with Crippen molar-refractivity contribution in [3.05, 3.63) is 35.9 Å². The maximum atomic E-state index is 11.0. The fraction of sp³-hybridized carbons (Fsp3) is 0.385. The third-order valence-electron chi connectivity index (χ3n) is 3.51. The van der Waals surface area contributed by atoms with Gasteiger partial charge in [-0.15, -0.1) is 0 Å². The predicted octanol–water partition coefficient (Wildman–Crippen LogP) is 1.50. The predicted molar refractivity (Wildman–Crippen MR) is 67.0 cm³/mol. The Morgan fingerprint density at radius 1 is 1.39 bits per heavy atom. The van der Waals surface area contributed by atoms with Crippen LogP contribution in [0.1, 0.15) is 34.9 Å². The maximum absolute atomic E-state index is 11.0. The standard InChI is InChI=1S/C13H15N3O2/c17-13(18)10-1-2-11-7-15-12(16(11)8-10)9-3-5-14-6-4-9/h1-2,7-9,14H,3-6H2,(H,17,18). The van der Waals surface area contributed by atoms with Gasteiger partial charge < -0.3 is 14.8 Å². The zero-order valence-electron chi connectivity index (χ0n) is 9.97. The smallest absolute Gasteiger partial charge is 0.337 e. The van der Waals surface area contributed by atoms with Gasteiger partial charge in [0.2, 0.25) is 0 Å². The number of carbonyl (C=O) groups is 1. The number of pyridine rings is 1. The molecule has 0 bridgehead atoms. The molecule has 18 heavy (non-hydrogen) atoms. The van der Waals surface area contributed by atoms with Crippen molar-refractivity contribution in [2.45, 2.75) is 18.8 Å². The Hall–Kier alpha value is -1.88.